The number of hydrogen-bond donors (Lipinski definition) is 1. The number of benzene rings is 2. The Kier molecular flexibility index (Phi) is 4.79. The summed E-state index contributed by atoms with van der Waals surface area (Å²) in [6.45, 7) is 0.245. The van der Waals surface area contributed by atoms with E-state index in [2.05, 4.69) is 9.97 Å². The van der Waals surface area contributed by atoms with Crippen LogP contribution < -0.4 is 10.3 Å². The molecule has 0 radical (unpaired) electrons. The first-order chi connectivity index (χ1) is 12.1. The first-order valence-electron chi connectivity index (χ1n) is 7.91. The summed E-state index contributed by atoms with van der Waals surface area (Å²) in [7, 11) is 3.30. The molecule has 0 aliphatic rings. The van der Waals surface area contributed by atoms with E-state index in [-0.39, 0.29) is 24.4 Å². The topological polar surface area (TPSA) is 75.3 Å². The molecule has 0 unspecified atom stereocenters. The van der Waals surface area contributed by atoms with E-state index < -0.39 is 0 Å². The Morgan fingerprint density at radius 2 is 1.88 bits per heavy atom. The predicted octanol–water partition coefficient (Wildman–Crippen LogP) is 2.13. The van der Waals surface area contributed by atoms with Crippen molar-refractivity contribution in [3.05, 3.63) is 70.3 Å². The van der Waals surface area contributed by atoms with E-state index in [9.17, 15) is 9.59 Å². The van der Waals surface area contributed by atoms with E-state index in [1.54, 1.807) is 37.3 Å². The van der Waals surface area contributed by atoms with E-state index in [1.165, 1.54) is 0 Å². The number of nitrogens with zero attached hydrogens (tertiary/aromatic N) is 2. The minimum absolute atomic E-state index is 0.0547. The average Bonchev–Trinajstić information content (AvgIpc) is 2.62. The van der Waals surface area contributed by atoms with Crippen molar-refractivity contribution >= 4 is 16.8 Å². The zero-order valence-corrected chi connectivity index (χ0v) is 14.2. The van der Waals surface area contributed by atoms with Crippen molar-refractivity contribution in [3.63, 3.8) is 0 Å². The highest BCUT2D eigenvalue weighted by Gasteiger charge is 2.12. The number of aromatic amines is 1. The van der Waals surface area contributed by atoms with Crippen LogP contribution in [0.2, 0.25) is 0 Å². The Morgan fingerprint density at radius 1 is 1.16 bits per heavy atom. The van der Waals surface area contributed by atoms with Crippen LogP contribution in [0.4, 0.5) is 0 Å². The lowest BCUT2D eigenvalue weighted by atomic mass is 10.1. The molecule has 2 aromatic carbocycles. The van der Waals surface area contributed by atoms with Crippen molar-refractivity contribution in [1.29, 1.82) is 0 Å². The lowest BCUT2D eigenvalue weighted by Gasteiger charge is -2.17. The molecule has 1 aromatic heterocycles. The second-order valence-corrected chi connectivity index (χ2v) is 5.80. The van der Waals surface area contributed by atoms with Gasteiger partial charge in [-0.1, -0.05) is 24.3 Å². The summed E-state index contributed by atoms with van der Waals surface area (Å²) in [5.74, 6) is 1.16. The Labute approximate surface area is 145 Å². The largest absolute Gasteiger partial charge is 0.497 e. The van der Waals surface area contributed by atoms with Crippen molar-refractivity contribution in [1.82, 2.24) is 14.9 Å². The molecule has 1 heterocycles. The zero-order valence-electron chi connectivity index (χ0n) is 14.2. The molecule has 25 heavy (non-hydrogen) atoms. The lowest BCUT2D eigenvalue weighted by molar-refractivity contribution is -0.129. The highest BCUT2D eigenvalue weighted by atomic mass is 16.5. The van der Waals surface area contributed by atoms with E-state index in [0.29, 0.717) is 16.7 Å². The number of nitrogens with one attached hydrogen (secondary N) is 1. The van der Waals surface area contributed by atoms with Crippen LogP contribution in [-0.4, -0.2) is 34.9 Å². The Bertz CT molecular complexity index is 948. The molecular formula is C19H19N3O3. The minimum atomic E-state index is -0.198. The molecule has 3 rings (SSSR count). The van der Waals surface area contributed by atoms with Crippen LogP contribution in [0, 0.1) is 0 Å². The molecule has 0 fully saturated rings. The third kappa shape index (κ3) is 3.85. The summed E-state index contributed by atoms with van der Waals surface area (Å²) in [6.07, 6.45) is 0.276. The minimum Gasteiger partial charge on any atom is -0.497 e. The molecular weight excluding hydrogens is 318 g/mol. The van der Waals surface area contributed by atoms with Crippen LogP contribution in [0.15, 0.2) is 53.3 Å². The van der Waals surface area contributed by atoms with Gasteiger partial charge in [-0.3, -0.25) is 9.59 Å². The maximum Gasteiger partial charge on any atom is 0.258 e. The first kappa shape index (κ1) is 16.7. The van der Waals surface area contributed by atoms with Crippen molar-refractivity contribution in [2.75, 3.05) is 14.2 Å². The number of rotatable bonds is 5. The molecule has 0 aliphatic carbocycles. The molecule has 1 N–H and O–H groups in total. The third-order valence-electron chi connectivity index (χ3n) is 3.99. The van der Waals surface area contributed by atoms with Gasteiger partial charge in [-0.15, -0.1) is 0 Å². The molecule has 6 nitrogen and oxygen atoms in total. The van der Waals surface area contributed by atoms with Gasteiger partial charge in [-0.2, -0.15) is 0 Å². The van der Waals surface area contributed by atoms with Crippen molar-refractivity contribution in [2.45, 2.75) is 13.0 Å². The van der Waals surface area contributed by atoms with Crippen molar-refractivity contribution in [2.24, 2.45) is 0 Å². The van der Waals surface area contributed by atoms with Crippen LogP contribution in [0.5, 0.6) is 5.75 Å². The number of hydrogen-bond acceptors (Lipinski definition) is 4. The number of amides is 1. The molecule has 0 bridgehead atoms. The van der Waals surface area contributed by atoms with Gasteiger partial charge in [0.1, 0.15) is 11.6 Å². The van der Waals surface area contributed by atoms with Crippen molar-refractivity contribution < 1.29 is 9.53 Å². The molecule has 0 aliphatic heterocycles. The fourth-order valence-corrected chi connectivity index (χ4v) is 2.58. The molecule has 0 saturated heterocycles. The standard InChI is InChI=1S/C19H19N3O3/c1-22(18(23)11-13-7-9-14(25-2)10-8-13)12-17-20-16-6-4-3-5-15(16)19(24)21-17/h3-10H,11-12H2,1-2H3,(H,20,21,24). The number of likely N-dealkylation sites (N-methyl/N-ethyl adjacent to an activating group) is 1. The fourth-order valence-electron chi connectivity index (χ4n) is 2.58. The smallest absolute Gasteiger partial charge is 0.258 e. The molecule has 1 amide bonds. The molecule has 6 heteroatoms. The maximum absolute atomic E-state index is 12.4. The molecule has 0 atom stereocenters. The Hall–Kier alpha value is -3.15. The van der Waals surface area contributed by atoms with Crippen LogP contribution in [-0.2, 0) is 17.8 Å². The van der Waals surface area contributed by atoms with Gasteiger partial charge in [0.05, 0.1) is 31.0 Å². The summed E-state index contributed by atoms with van der Waals surface area (Å²) in [5, 5.41) is 0.540. The Balaban J connectivity index is 1.71. The van der Waals surface area contributed by atoms with Gasteiger partial charge in [0, 0.05) is 7.05 Å². The predicted molar refractivity (Wildman–Crippen MR) is 95.5 cm³/mol. The summed E-state index contributed by atoms with van der Waals surface area (Å²) >= 11 is 0. The van der Waals surface area contributed by atoms with Gasteiger partial charge in [-0.25, -0.2) is 4.98 Å². The van der Waals surface area contributed by atoms with E-state index in [0.717, 1.165) is 11.3 Å². The number of ether oxygens (including phenoxy) is 1. The monoisotopic (exact) mass is 337 g/mol. The number of fused-ring (bicyclic) bond motifs is 1. The molecule has 0 saturated carbocycles. The van der Waals surface area contributed by atoms with Crippen LogP contribution >= 0.6 is 0 Å². The average molecular weight is 337 g/mol. The highest BCUT2D eigenvalue weighted by molar-refractivity contribution is 5.79. The van der Waals surface area contributed by atoms with Gasteiger partial charge in [0.15, 0.2) is 0 Å². The fraction of sp³-hybridized carbons (Fsp3) is 0.211. The van der Waals surface area contributed by atoms with Crippen LogP contribution in [0.1, 0.15) is 11.4 Å². The lowest BCUT2D eigenvalue weighted by Crippen LogP contribution is -2.29. The van der Waals surface area contributed by atoms with Crippen LogP contribution in [0.25, 0.3) is 10.9 Å². The summed E-state index contributed by atoms with van der Waals surface area (Å²) in [4.78, 5) is 33.2. The van der Waals surface area contributed by atoms with E-state index in [4.69, 9.17) is 4.74 Å². The third-order valence-corrected chi connectivity index (χ3v) is 3.99. The van der Waals surface area contributed by atoms with Crippen molar-refractivity contribution in [3.8, 4) is 5.75 Å². The zero-order chi connectivity index (χ0) is 17.8. The summed E-state index contributed by atoms with van der Waals surface area (Å²) in [5.41, 5.74) is 1.33. The summed E-state index contributed by atoms with van der Waals surface area (Å²) in [6, 6.07) is 14.5. The maximum atomic E-state index is 12.4. The number of carbonyl (C=O) groups is 1. The second-order valence-electron chi connectivity index (χ2n) is 5.80. The number of methoxy groups -OCH3 is 1. The summed E-state index contributed by atoms with van der Waals surface area (Å²) < 4.78 is 5.11. The molecule has 3 aromatic rings. The molecule has 0 spiro atoms. The first-order valence-corrected chi connectivity index (χ1v) is 7.91. The van der Waals surface area contributed by atoms with Gasteiger partial charge < -0.3 is 14.6 Å². The normalized spacial score (nSPS) is 10.6. The quantitative estimate of drug-likeness (QED) is 0.774. The number of carbonyl (C=O) groups excluding carboxylic acids is 1. The van der Waals surface area contributed by atoms with E-state index >= 15 is 0 Å². The number of aromatic nitrogens is 2. The van der Waals surface area contributed by atoms with Gasteiger partial charge in [0.25, 0.3) is 5.56 Å². The van der Waals surface area contributed by atoms with Gasteiger partial charge in [-0.05, 0) is 29.8 Å². The van der Waals surface area contributed by atoms with Crippen LogP contribution in [0.3, 0.4) is 0 Å². The Morgan fingerprint density at radius 3 is 2.60 bits per heavy atom. The van der Waals surface area contributed by atoms with Gasteiger partial charge in [0.2, 0.25) is 5.91 Å². The van der Waals surface area contributed by atoms with E-state index in [1.807, 2.05) is 30.3 Å². The number of para-hydroxylation sites is 1. The van der Waals surface area contributed by atoms with Gasteiger partial charge >= 0.3 is 0 Å². The SMILES string of the molecule is COc1ccc(CC(=O)N(C)Cc2nc3ccccc3c(=O)[nH]2)cc1. The highest BCUT2D eigenvalue weighted by Crippen LogP contribution is 2.13. The second kappa shape index (κ2) is 7.17. The molecule has 128 valence electrons. The number of H-pyrrole nitrogens is 1.